The largest absolute Gasteiger partial charge is 0.270 e. The fourth-order valence-corrected chi connectivity index (χ4v) is 3.37. The summed E-state index contributed by atoms with van der Waals surface area (Å²) in [6, 6.07) is 10.5. The number of nitrogens with zero attached hydrogens (tertiary/aromatic N) is 2. The van der Waals surface area contributed by atoms with E-state index in [9.17, 15) is 23.8 Å². The maximum Gasteiger partial charge on any atom is 0.270 e. The summed E-state index contributed by atoms with van der Waals surface area (Å²) in [6.07, 6.45) is 1.06. The van der Waals surface area contributed by atoms with Gasteiger partial charge >= 0.3 is 0 Å². The molecule has 0 amide bonds. The lowest BCUT2D eigenvalue weighted by Gasteiger charge is -2.05. The van der Waals surface area contributed by atoms with Gasteiger partial charge in [-0.25, -0.2) is 8.42 Å². The summed E-state index contributed by atoms with van der Waals surface area (Å²) in [5.74, 6) is 0. The number of sulfone groups is 1. The van der Waals surface area contributed by atoms with Crippen LogP contribution in [0.25, 0.3) is 6.08 Å². The topological polar surface area (TPSA) is 101 Å². The Kier molecular flexibility index (Phi) is 5.24. The highest BCUT2D eigenvalue weighted by atomic mass is 35.5. The van der Waals surface area contributed by atoms with E-state index in [-0.39, 0.29) is 26.2 Å². The second-order valence-corrected chi connectivity index (χ2v) is 7.28. The molecule has 9 heteroatoms. The Hall–Kier alpha value is -2.40. The number of allylic oxidation sites excluding steroid dienone is 1. The number of halogens is 2. The van der Waals surface area contributed by atoms with E-state index >= 15 is 0 Å². The van der Waals surface area contributed by atoms with Gasteiger partial charge in [0.15, 0.2) is 0 Å². The molecule has 0 bridgehead atoms. The van der Waals surface area contributed by atoms with Gasteiger partial charge < -0.3 is 0 Å². The van der Waals surface area contributed by atoms with Crippen molar-refractivity contribution in [1.82, 2.24) is 0 Å². The number of rotatable bonds is 4. The van der Waals surface area contributed by atoms with Gasteiger partial charge in [-0.05, 0) is 29.8 Å². The molecule has 0 atom stereocenters. The minimum atomic E-state index is -4.13. The lowest BCUT2D eigenvalue weighted by molar-refractivity contribution is -0.384. The zero-order valence-corrected chi connectivity index (χ0v) is 14.1. The standard InChI is InChI=1S/C15H8Cl2N2O4S/c16-14-5-4-12(8-15(14)17)24(22,23)13(9-18)7-10-2-1-3-11(6-10)19(20)21/h1-8H. The average Bonchev–Trinajstić information content (AvgIpc) is 2.55. The Morgan fingerprint density at radius 2 is 1.88 bits per heavy atom. The van der Waals surface area contributed by atoms with Crippen LogP contribution in [-0.2, 0) is 9.84 Å². The number of nitriles is 1. The van der Waals surface area contributed by atoms with Gasteiger partial charge in [0.25, 0.3) is 5.69 Å². The molecule has 0 aliphatic carbocycles. The normalized spacial score (nSPS) is 11.8. The van der Waals surface area contributed by atoms with Crippen LogP contribution in [0, 0.1) is 21.4 Å². The van der Waals surface area contributed by atoms with E-state index in [1.165, 1.54) is 36.4 Å². The van der Waals surface area contributed by atoms with E-state index in [1.54, 1.807) is 6.07 Å². The highest BCUT2D eigenvalue weighted by Gasteiger charge is 2.22. The highest BCUT2D eigenvalue weighted by molar-refractivity contribution is 7.95. The SMILES string of the molecule is N#CC(=Cc1cccc([N+](=O)[O-])c1)S(=O)(=O)c1ccc(Cl)c(Cl)c1. The summed E-state index contributed by atoms with van der Waals surface area (Å²) in [5, 5.41) is 20.2. The van der Waals surface area contributed by atoms with E-state index in [1.807, 2.05) is 0 Å². The molecule has 0 N–H and O–H groups in total. The maximum atomic E-state index is 12.5. The molecular weight excluding hydrogens is 375 g/mol. The zero-order valence-electron chi connectivity index (χ0n) is 11.8. The van der Waals surface area contributed by atoms with Crippen LogP contribution in [-0.4, -0.2) is 13.3 Å². The predicted molar refractivity (Wildman–Crippen MR) is 90.3 cm³/mol. The van der Waals surface area contributed by atoms with Gasteiger partial charge in [0, 0.05) is 12.1 Å². The van der Waals surface area contributed by atoms with Crippen molar-refractivity contribution in [2.45, 2.75) is 4.90 Å². The molecule has 6 nitrogen and oxygen atoms in total. The first-order valence-electron chi connectivity index (χ1n) is 6.32. The molecule has 0 unspecified atom stereocenters. The van der Waals surface area contributed by atoms with Gasteiger partial charge in [-0.3, -0.25) is 10.1 Å². The highest BCUT2D eigenvalue weighted by Crippen LogP contribution is 2.28. The maximum absolute atomic E-state index is 12.5. The number of hydrogen-bond donors (Lipinski definition) is 0. The lowest BCUT2D eigenvalue weighted by Crippen LogP contribution is -2.03. The Morgan fingerprint density at radius 1 is 1.17 bits per heavy atom. The lowest BCUT2D eigenvalue weighted by atomic mass is 10.2. The molecule has 0 saturated carbocycles. The number of nitro groups is 1. The van der Waals surface area contributed by atoms with E-state index in [0.29, 0.717) is 0 Å². The molecule has 0 saturated heterocycles. The number of benzene rings is 2. The molecular formula is C15H8Cl2N2O4S. The molecule has 2 rings (SSSR count). The van der Waals surface area contributed by atoms with Crippen LogP contribution in [0.15, 0.2) is 52.3 Å². The van der Waals surface area contributed by atoms with Gasteiger partial charge in [-0.2, -0.15) is 5.26 Å². The fourth-order valence-electron chi connectivity index (χ4n) is 1.82. The number of nitro benzene ring substituents is 1. The quantitative estimate of drug-likeness (QED) is 0.447. The molecule has 122 valence electrons. The molecule has 0 spiro atoms. The predicted octanol–water partition coefficient (Wildman–Crippen LogP) is 4.24. The van der Waals surface area contributed by atoms with Crippen LogP contribution in [0.2, 0.25) is 10.0 Å². The van der Waals surface area contributed by atoms with Gasteiger partial charge in [0.05, 0.1) is 19.9 Å². The van der Waals surface area contributed by atoms with Crippen molar-refractivity contribution in [1.29, 1.82) is 5.26 Å². The molecule has 0 fully saturated rings. The minimum Gasteiger partial charge on any atom is -0.258 e. The Labute approximate surface area is 147 Å². The smallest absolute Gasteiger partial charge is 0.258 e. The number of non-ortho nitro benzene ring substituents is 1. The van der Waals surface area contributed by atoms with Crippen molar-refractivity contribution in [2.75, 3.05) is 0 Å². The minimum absolute atomic E-state index is 0.0328. The second-order valence-electron chi connectivity index (χ2n) is 4.55. The van der Waals surface area contributed by atoms with E-state index in [0.717, 1.165) is 12.1 Å². The second kappa shape index (κ2) is 7.01. The Morgan fingerprint density at radius 3 is 2.46 bits per heavy atom. The van der Waals surface area contributed by atoms with Crippen LogP contribution in [0.1, 0.15) is 5.56 Å². The van der Waals surface area contributed by atoms with E-state index in [4.69, 9.17) is 23.2 Å². The van der Waals surface area contributed by atoms with E-state index < -0.39 is 19.7 Å². The first-order chi connectivity index (χ1) is 11.3. The summed E-state index contributed by atoms with van der Waals surface area (Å²) in [5.41, 5.74) is -0.00244. The molecule has 2 aromatic carbocycles. The molecule has 0 aliphatic heterocycles. The third-order valence-corrected chi connectivity index (χ3v) is 5.38. The number of hydrogen-bond acceptors (Lipinski definition) is 5. The summed E-state index contributed by atoms with van der Waals surface area (Å²) in [6.45, 7) is 0. The summed E-state index contributed by atoms with van der Waals surface area (Å²) in [4.78, 5) is 9.39. The molecule has 2 aromatic rings. The Bertz CT molecular complexity index is 995. The van der Waals surface area contributed by atoms with Crippen LogP contribution in [0.4, 0.5) is 5.69 Å². The van der Waals surface area contributed by atoms with E-state index in [2.05, 4.69) is 0 Å². The van der Waals surface area contributed by atoms with Crippen LogP contribution >= 0.6 is 23.2 Å². The third kappa shape index (κ3) is 3.74. The molecule has 0 radical (unpaired) electrons. The third-order valence-electron chi connectivity index (χ3n) is 2.98. The van der Waals surface area contributed by atoms with Crippen molar-refractivity contribution < 1.29 is 13.3 Å². The molecule has 24 heavy (non-hydrogen) atoms. The van der Waals surface area contributed by atoms with Gasteiger partial charge in [0.2, 0.25) is 9.84 Å². The zero-order chi connectivity index (χ0) is 17.9. The summed E-state index contributed by atoms with van der Waals surface area (Å²) in [7, 11) is -4.13. The van der Waals surface area contributed by atoms with Crippen molar-refractivity contribution in [3.8, 4) is 6.07 Å². The summed E-state index contributed by atoms with van der Waals surface area (Å²) >= 11 is 11.6. The first kappa shape index (κ1) is 17.9. The van der Waals surface area contributed by atoms with Crippen molar-refractivity contribution in [2.24, 2.45) is 0 Å². The van der Waals surface area contributed by atoms with Crippen LogP contribution in [0.3, 0.4) is 0 Å². The van der Waals surface area contributed by atoms with Crippen molar-refractivity contribution >= 4 is 44.8 Å². The van der Waals surface area contributed by atoms with Crippen LogP contribution < -0.4 is 0 Å². The van der Waals surface area contributed by atoms with Gasteiger partial charge in [-0.15, -0.1) is 0 Å². The fraction of sp³-hybridized carbons (Fsp3) is 0. The van der Waals surface area contributed by atoms with Crippen LogP contribution in [0.5, 0.6) is 0 Å². The summed E-state index contributed by atoms with van der Waals surface area (Å²) < 4.78 is 25.0. The first-order valence-corrected chi connectivity index (χ1v) is 8.56. The van der Waals surface area contributed by atoms with Crippen molar-refractivity contribution in [3.05, 3.63) is 73.1 Å². The average molecular weight is 383 g/mol. The molecule has 0 heterocycles. The van der Waals surface area contributed by atoms with Crippen molar-refractivity contribution in [3.63, 3.8) is 0 Å². The molecule has 0 aromatic heterocycles. The Balaban J connectivity index is 2.54. The molecule has 0 aliphatic rings. The van der Waals surface area contributed by atoms with Gasteiger partial charge in [-0.1, -0.05) is 35.3 Å². The van der Waals surface area contributed by atoms with Gasteiger partial charge in [0.1, 0.15) is 11.0 Å². The monoisotopic (exact) mass is 382 g/mol.